The number of nitrogens with zero attached hydrogens (tertiary/aromatic N) is 1. The summed E-state index contributed by atoms with van der Waals surface area (Å²) >= 11 is 0. The first-order valence-electron chi connectivity index (χ1n) is 4.40. The van der Waals surface area contributed by atoms with Crippen LogP contribution < -0.4 is 0 Å². The second-order valence-electron chi connectivity index (χ2n) is 3.17. The van der Waals surface area contributed by atoms with Crippen LogP contribution in [0.5, 0.6) is 0 Å². The molecule has 1 rings (SSSR count). The molecule has 1 aromatic rings. The first-order valence-corrected chi connectivity index (χ1v) is 4.40. The lowest BCUT2D eigenvalue weighted by atomic mass is 10.1. The van der Waals surface area contributed by atoms with E-state index in [1.165, 1.54) is 11.1 Å². The van der Waals surface area contributed by atoms with Crippen LogP contribution in [0.3, 0.4) is 0 Å². The van der Waals surface area contributed by atoms with Crippen molar-refractivity contribution in [1.29, 1.82) is 0 Å². The smallest absolute Gasteiger partial charge is 0.0655 e. The van der Waals surface area contributed by atoms with Gasteiger partial charge in [-0.2, -0.15) is 0 Å². The lowest BCUT2D eigenvalue weighted by Crippen LogP contribution is -1.81. The molecule has 0 fully saturated rings. The van der Waals surface area contributed by atoms with E-state index in [0.29, 0.717) is 0 Å². The van der Waals surface area contributed by atoms with Gasteiger partial charge in [-0.1, -0.05) is 18.2 Å². The zero-order chi connectivity index (χ0) is 9.84. The van der Waals surface area contributed by atoms with Crippen molar-refractivity contribution in [3.8, 4) is 0 Å². The van der Waals surface area contributed by atoms with Gasteiger partial charge in [0.05, 0.1) is 5.69 Å². The molecule has 0 saturated heterocycles. The molecular weight excluding hydrogens is 158 g/mol. The van der Waals surface area contributed by atoms with Crippen LogP contribution in [-0.4, -0.2) is 6.21 Å². The van der Waals surface area contributed by atoms with E-state index in [2.05, 4.69) is 30.6 Å². The molecule has 0 unspecified atom stereocenters. The second kappa shape index (κ2) is 4.04. The van der Waals surface area contributed by atoms with Gasteiger partial charge in [-0.05, 0) is 44.0 Å². The number of rotatable bonds is 2. The van der Waals surface area contributed by atoms with E-state index in [9.17, 15) is 0 Å². The third kappa shape index (κ3) is 2.28. The summed E-state index contributed by atoms with van der Waals surface area (Å²) in [5.41, 5.74) is 4.51. The molecule has 68 valence electrons. The first kappa shape index (κ1) is 9.72. The van der Waals surface area contributed by atoms with E-state index in [-0.39, 0.29) is 0 Å². The zero-order valence-electron chi connectivity index (χ0n) is 8.46. The number of aliphatic imine (C=N–C) groups is 1. The van der Waals surface area contributed by atoms with Gasteiger partial charge in [0.15, 0.2) is 0 Å². The van der Waals surface area contributed by atoms with Crippen molar-refractivity contribution in [2.45, 2.75) is 20.8 Å². The highest BCUT2D eigenvalue weighted by Crippen LogP contribution is 2.22. The number of aryl methyl sites for hydroxylation is 1. The molecule has 0 bridgehead atoms. The van der Waals surface area contributed by atoms with Crippen LogP contribution in [0.4, 0.5) is 5.69 Å². The molecule has 1 heteroatoms. The highest BCUT2D eigenvalue weighted by atomic mass is 14.7. The Kier molecular flexibility index (Phi) is 3.02. The zero-order valence-corrected chi connectivity index (χ0v) is 8.46. The van der Waals surface area contributed by atoms with Gasteiger partial charge < -0.3 is 0 Å². The lowest BCUT2D eigenvalue weighted by molar-refractivity contribution is 1.38. The summed E-state index contributed by atoms with van der Waals surface area (Å²) in [5, 5.41) is 0. The summed E-state index contributed by atoms with van der Waals surface area (Å²) < 4.78 is 0. The molecule has 13 heavy (non-hydrogen) atoms. The van der Waals surface area contributed by atoms with Gasteiger partial charge in [-0.15, -0.1) is 0 Å². The van der Waals surface area contributed by atoms with Crippen LogP contribution in [0.1, 0.15) is 25.0 Å². The molecule has 0 aliphatic rings. The summed E-state index contributed by atoms with van der Waals surface area (Å²) in [5.74, 6) is 0. The molecule has 1 aromatic carbocycles. The van der Waals surface area contributed by atoms with E-state index < -0.39 is 0 Å². The van der Waals surface area contributed by atoms with Crippen LogP contribution in [0.15, 0.2) is 29.8 Å². The molecule has 1 nitrogen and oxygen atoms in total. The normalized spacial score (nSPS) is 10.7. The number of allylic oxidation sites excluding steroid dienone is 1. The summed E-state index contributed by atoms with van der Waals surface area (Å²) in [6.45, 7) is 9.90. The van der Waals surface area contributed by atoms with Crippen molar-refractivity contribution in [2.75, 3.05) is 0 Å². The Bertz CT molecular complexity index is 348. The Morgan fingerprint density at radius 2 is 2.15 bits per heavy atom. The molecule has 0 N–H and O–H groups in total. The summed E-state index contributed by atoms with van der Waals surface area (Å²) in [4.78, 5) is 4.25. The van der Waals surface area contributed by atoms with E-state index in [4.69, 9.17) is 0 Å². The van der Waals surface area contributed by atoms with Crippen LogP contribution in [0.25, 0.3) is 5.57 Å². The van der Waals surface area contributed by atoms with Crippen molar-refractivity contribution >= 4 is 17.5 Å². The third-order valence-corrected chi connectivity index (χ3v) is 1.96. The van der Waals surface area contributed by atoms with Gasteiger partial charge >= 0.3 is 0 Å². The predicted octanol–water partition coefficient (Wildman–Crippen LogP) is 3.75. The number of hydrogen-bond acceptors (Lipinski definition) is 1. The standard InChI is InChI=1S/C12H15N/c1-5-13-12-7-6-11(9(2)3)8-10(12)4/h5-8H,2H2,1,3-4H3. The van der Waals surface area contributed by atoms with Crippen molar-refractivity contribution in [1.82, 2.24) is 0 Å². The van der Waals surface area contributed by atoms with Gasteiger partial charge in [0.1, 0.15) is 0 Å². The van der Waals surface area contributed by atoms with Crippen LogP contribution in [0, 0.1) is 6.92 Å². The molecule has 0 aliphatic carbocycles. The summed E-state index contributed by atoms with van der Waals surface area (Å²) in [6, 6.07) is 6.20. The van der Waals surface area contributed by atoms with Crippen LogP contribution in [-0.2, 0) is 0 Å². The topological polar surface area (TPSA) is 12.4 Å². The van der Waals surface area contributed by atoms with Gasteiger partial charge in [-0.25, -0.2) is 0 Å². The minimum Gasteiger partial charge on any atom is -0.261 e. The molecule has 0 amide bonds. The van der Waals surface area contributed by atoms with E-state index in [0.717, 1.165) is 11.3 Å². The van der Waals surface area contributed by atoms with Gasteiger partial charge in [0.25, 0.3) is 0 Å². The maximum atomic E-state index is 4.25. The van der Waals surface area contributed by atoms with E-state index >= 15 is 0 Å². The Hall–Kier alpha value is -1.37. The highest BCUT2D eigenvalue weighted by Gasteiger charge is 1.97. The Balaban J connectivity index is 3.12. The number of hydrogen-bond donors (Lipinski definition) is 0. The van der Waals surface area contributed by atoms with Gasteiger partial charge in [0, 0.05) is 6.21 Å². The molecular formula is C12H15N. The van der Waals surface area contributed by atoms with E-state index in [1.54, 1.807) is 0 Å². The Labute approximate surface area is 79.8 Å². The fourth-order valence-electron chi connectivity index (χ4n) is 1.20. The van der Waals surface area contributed by atoms with E-state index in [1.807, 2.05) is 26.1 Å². The molecule has 0 heterocycles. The molecule has 0 aromatic heterocycles. The molecule has 0 aliphatic heterocycles. The molecule has 0 spiro atoms. The molecule has 0 atom stereocenters. The lowest BCUT2D eigenvalue weighted by Gasteiger charge is -2.03. The minimum atomic E-state index is 1.03. The van der Waals surface area contributed by atoms with Crippen molar-refractivity contribution in [3.05, 3.63) is 35.9 Å². The molecule has 0 radical (unpaired) electrons. The van der Waals surface area contributed by atoms with Crippen LogP contribution in [0.2, 0.25) is 0 Å². The fraction of sp³-hybridized carbons (Fsp3) is 0.250. The van der Waals surface area contributed by atoms with Gasteiger partial charge in [-0.3, -0.25) is 4.99 Å². The van der Waals surface area contributed by atoms with Gasteiger partial charge in [0.2, 0.25) is 0 Å². The quantitative estimate of drug-likeness (QED) is 0.604. The third-order valence-electron chi connectivity index (χ3n) is 1.96. The maximum absolute atomic E-state index is 4.25. The highest BCUT2D eigenvalue weighted by molar-refractivity contribution is 5.67. The fourth-order valence-corrected chi connectivity index (χ4v) is 1.20. The average Bonchev–Trinajstić information content (AvgIpc) is 2.08. The summed E-state index contributed by atoms with van der Waals surface area (Å²) in [6.07, 6.45) is 1.81. The molecule has 0 saturated carbocycles. The Morgan fingerprint density at radius 1 is 1.46 bits per heavy atom. The van der Waals surface area contributed by atoms with Crippen molar-refractivity contribution < 1.29 is 0 Å². The summed E-state index contributed by atoms with van der Waals surface area (Å²) in [7, 11) is 0. The average molecular weight is 173 g/mol. The van der Waals surface area contributed by atoms with Crippen molar-refractivity contribution in [2.24, 2.45) is 4.99 Å². The maximum Gasteiger partial charge on any atom is 0.0655 e. The Morgan fingerprint density at radius 3 is 2.62 bits per heavy atom. The number of benzene rings is 1. The SMILES string of the molecule is C=C(C)c1ccc(N=CC)c(C)c1. The van der Waals surface area contributed by atoms with Crippen LogP contribution >= 0.6 is 0 Å². The largest absolute Gasteiger partial charge is 0.261 e. The minimum absolute atomic E-state index is 1.03. The van der Waals surface area contributed by atoms with Crippen molar-refractivity contribution in [3.63, 3.8) is 0 Å². The predicted molar refractivity (Wildman–Crippen MR) is 59.7 cm³/mol. The monoisotopic (exact) mass is 173 g/mol. The first-order chi connectivity index (χ1) is 6.15. The second-order valence-corrected chi connectivity index (χ2v) is 3.17.